The molecule has 4 heteroatoms. The SMILES string of the molecule is CCCN(CCC)CCCCCCc1ccc(CN)cc1.Cc1ccc(C=O)o1. The molecule has 0 saturated carbocycles. The maximum Gasteiger partial charge on any atom is 0.185 e. The molecule has 0 spiro atoms. The van der Waals surface area contributed by atoms with Crippen LogP contribution >= 0.6 is 0 Å². The average molecular weight is 401 g/mol. The van der Waals surface area contributed by atoms with E-state index >= 15 is 0 Å². The van der Waals surface area contributed by atoms with Crippen molar-refractivity contribution in [3.05, 3.63) is 59.0 Å². The second-order valence-corrected chi connectivity index (χ2v) is 7.59. The largest absolute Gasteiger partial charge is 0.459 e. The Bertz CT molecular complexity index is 643. The molecule has 0 aliphatic rings. The van der Waals surface area contributed by atoms with Crippen LogP contribution in [0.4, 0.5) is 0 Å². The standard InChI is InChI=1S/C19H34N2.C6H6O2/c1-3-14-21(15-4-2)16-8-6-5-7-9-18-10-12-19(17-20)13-11-18;1-5-2-3-6(4-7)8-5/h10-13H,3-9,14-17,20H2,1-2H3;2-4H,1H3. The molecule has 0 bridgehead atoms. The summed E-state index contributed by atoms with van der Waals surface area (Å²) in [5.41, 5.74) is 8.30. The van der Waals surface area contributed by atoms with Crippen LogP contribution in [0.2, 0.25) is 0 Å². The van der Waals surface area contributed by atoms with Gasteiger partial charge in [0.25, 0.3) is 0 Å². The molecule has 0 unspecified atom stereocenters. The Morgan fingerprint density at radius 2 is 1.48 bits per heavy atom. The third-order valence-electron chi connectivity index (χ3n) is 4.91. The summed E-state index contributed by atoms with van der Waals surface area (Å²) in [6.07, 6.45) is 9.83. The van der Waals surface area contributed by atoms with Crippen LogP contribution in [0.15, 0.2) is 40.8 Å². The zero-order valence-electron chi connectivity index (χ0n) is 18.7. The highest BCUT2D eigenvalue weighted by Gasteiger charge is 2.02. The highest BCUT2D eigenvalue weighted by Crippen LogP contribution is 2.10. The van der Waals surface area contributed by atoms with E-state index in [1.807, 2.05) is 0 Å². The van der Waals surface area contributed by atoms with E-state index in [4.69, 9.17) is 10.2 Å². The monoisotopic (exact) mass is 400 g/mol. The van der Waals surface area contributed by atoms with Gasteiger partial charge in [0.2, 0.25) is 0 Å². The zero-order valence-corrected chi connectivity index (χ0v) is 18.7. The smallest absolute Gasteiger partial charge is 0.185 e. The molecule has 162 valence electrons. The lowest BCUT2D eigenvalue weighted by atomic mass is 10.0. The second-order valence-electron chi connectivity index (χ2n) is 7.59. The maximum absolute atomic E-state index is 9.93. The molecule has 29 heavy (non-hydrogen) atoms. The number of hydrogen-bond donors (Lipinski definition) is 1. The molecular weight excluding hydrogens is 360 g/mol. The molecule has 0 aliphatic carbocycles. The van der Waals surface area contributed by atoms with Crippen LogP contribution < -0.4 is 5.73 Å². The van der Waals surface area contributed by atoms with E-state index in [9.17, 15) is 4.79 Å². The molecule has 2 N–H and O–H groups in total. The van der Waals surface area contributed by atoms with E-state index in [2.05, 4.69) is 43.0 Å². The van der Waals surface area contributed by atoms with Gasteiger partial charge in [0.1, 0.15) is 5.76 Å². The topological polar surface area (TPSA) is 59.5 Å². The lowest BCUT2D eigenvalue weighted by molar-refractivity contribution is 0.109. The number of benzene rings is 1. The third-order valence-corrected chi connectivity index (χ3v) is 4.91. The van der Waals surface area contributed by atoms with Gasteiger partial charge < -0.3 is 15.1 Å². The number of hydrogen-bond acceptors (Lipinski definition) is 4. The fraction of sp³-hybridized carbons (Fsp3) is 0.560. The van der Waals surface area contributed by atoms with Gasteiger partial charge in [-0.2, -0.15) is 0 Å². The van der Waals surface area contributed by atoms with Crippen molar-refractivity contribution in [2.45, 2.75) is 72.3 Å². The molecule has 0 fully saturated rings. The second kappa shape index (κ2) is 15.9. The first kappa shape index (κ1) is 25.1. The maximum atomic E-state index is 9.93. The van der Waals surface area contributed by atoms with Crippen LogP contribution in [0.5, 0.6) is 0 Å². The highest BCUT2D eigenvalue weighted by molar-refractivity contribution is 5.70. The van der Waals surface area contributed by atoms with Crippen LogP contribution in [0.1, 0.15) is 79.8 Å². The van der Waals surface area contributed by atoms with Crippen molar-refractivity contribution < 1.29 is 9.21 Å². The predicted octanol–water partition coefficient (Wildman–Crippen LogP) is 5.77. The van der Waals surface area contributed by atoms with E-state index in [0.717, 1.165) is 5.76 Å². The molecule has 0 radical (unpaired) electrons. The Morgan fingerprint density at radius 1 is 0.862 bits per heavy atom. The first-order valence-corrected chi connectivity index (χ1v) is 11.1. The van der Waals surface area contributed by atoms with Gasteiger partial charge in [-0.1, -0.05) is 51.0 Å². The molecular formula is C25H40N2O2. The number of nitrogens with two attached hydrogens (primary N) is 1. The van der Waals surface area contributed by atoms with Crippen molar-refractivity contribution in [3.8, 4) is 0 Å². The molecule has 0 aliphatic heterocycles. The van der Waals surface area contributed by atoms with Crippen molar-refractivity contribution in [1.29, 1.82) is 0 Å². The van der Waals surface area contributed by atoms with E-state index in [1.54, 1.807) is 19.1 Å². The molecule has 1 aromatic heterocycles. The summed E-state index contributed by atoms with van der Waals surface area (Å²) in [7, 11) is 0. The third kappa shape index (κ3) is 11.6. The van der Waals surface area contributed by atoms with Crippen LogP contribution in [0, 0.1) is 6.92 Å². The van der Waals surface area contributed by atoms with Crippen molar-refractivity contribution >= 4 is 6.29 Å². The number of furan rings is 1. The summed E-state index contributed by atoms with van der Waals surface area (Å²) in [5.74, 6) is 1.16. The summed E-state index contributed by atoms with van der Waals surface area (Å²) in [5, 5.41) is 0. The molecule has 0 atom stereocenters. The first-order chi connectivity index (χ1) is 14.1. The molecule has 0 amide bonds. The van der Waals surface area contributed by atoms with Crippen LogP contribution in [-0.4, -0.2) is 30.8 Å². The average Bonchev–Trinajstić information content (AvgIpc) is 3.17. The van der Waals surface area contributed by atoms with Crippen LogP contribution in [0.3, 0.4) is 0 Å². The minimum atomic E-state index is 0.391. The minimum absolute atomic E-state index is 0.391. The Kier molecular flexibility index (Phi) is 13.8. The van der Waals surface area contributed by atoms with Gasteiger partial charge in [0.15, 0.2) is 12.0 Å². The summed E-state index contributed by atoms with van der Waals surface area (Å²) < 4.78 is 4.86. The Balaban J connectivity index is 0.000000436. The lowest BCUT2D eigenvalue weighted by Gasteiger charge is -2.20. The molecule has 4 nitrogen and oxygen atoms in total. The van der Waals surface area contributed by atoms with E-state index < -0.39 is 0 Å². The van der Waals surface area contributed by atoms with Gasteiger partial charge in [-0.05, 0) is 81.9 Å². The van der Waals surface area contributed by atoms with Crippen molar-refractivity contribution in [1.82, 2.24) is 4.90 Å². The van der Waals surface area contributed by atoms with Gasteiger partial charge in [-0.15, -0.1) is 0 Å². The highest BCUT2D eigenvalue weighted by atomic mass is 16.3. The van der Waals surface area contributed by atoms with Crippen molar-refractivity contribution in [2.24, 2.45) is 5.73 Å². The number of nitrogens with zero attached hydrogens (tertiary/aromatic N) is 1. The Hall–Kier alpha value is -1.91. The molecule has 2 rings (SSSR count). The predicted molar refractivity (Wildman–Crippen MR) is 122 cm³/mol. The van der Waals surface area contributed by atoms with Crippen molar-refractivity contribution in [3.63, 3.8) is 0 Å². The van der Waals surface area contributed by atoms with Gasteiger partial charge in [0, 0.05) is 6.54 Å². The van der Waals surface area contributed by atoms with Gasteiger partial charge >= 0.3 is 0 Å². The van der Waals surface area contributed by atoms with E-state index in [1.165, 1.54) is 75.7 Å². The summed E-state index contributed by atoms with van der Waals surface area (Å²) in [6, 6.07) is 12.2. The normalized spacial score (nSPS) is 10.7. The number of rotatable bonds is 13. The van der Waals surface area contributed by atoms with E-state index in [0.29, 0.717) is 18.6 Å². The quantitative estimate of drug-likeness (QED) is 0.342. The zero-order chi connectivity index (χ0) is 21.3. The van der Waals surface area contributed by atoms with Gasteiger partial charge in [0.05, 0.1) is 0 Å². The van der Waals surface area contributed by atoms with Gasteiger partial charge in [-0.3, -0.25) is 4.79 Å². The summed E-state index contributed by atoms with van der Waals surface area (Å²) >= 11 is 0. The van der Waals surface area contributed by atoms with Crippen LogP contribution in [-0.2, 0) is 13.0 Å². The fourth-order valence-corrected chi connectivity index (χ4v) is 3.34. The molecule has 0 saturated heterocycles. The van der Waals surface area contributed by atoms with Crippen LogP contribution in [0.25, 0.3) is 0 Å². The molecule has 1 heterocycles. The number of aryl methyl sites for hydroxylation is 2. The van der Waals surface area contributed by atoms with Crippen molar-refractivity contribution in [2.75, 3.05) is 19.6 Å². The first-order valence-electron chi connectivity index (χ1n) is 11.1. The van der Waals surface area contributed by atoms with Gasteiger partial charge in [-0.25, -0.2) is 0 Å². The number of carbonyl (C=O) groups excluding carboxylic acids is 1. The fourth-order valence-electron chi connectivity index (χ4n) is 3.34. The summed E-state index contributed by atoms with van der Waals surface area (Å²) in [6.45, 7) is 10.8. The minimum Gasteiger partial charge on any atom is -0.459 e. The Morgan fingerprint density at radius 3 is 1.97 bits per heavy atom. The lowest BCUT2D eigenvalue weighted by Crippen LogP contribution is -2.26. The number of unbranched alkanes of at least 4 members (excludes halogenated alkanes) is 3. The molecule has 2 aromatic rings. The number of aldehydes is 1. The summed E-state index contributed by atoms with van der Waals surface area (Å²) in [4.78, 5) is 12.5. The Labute approximate surface area is 177 Å². The van der Waals surface area contributed by atoms with E-state index in [-0.39, 0.29) is 0 Å². The number of carbonyl (C=O) groups is 1. The molecule has 1 aromatic carbocycles.